The van der Waals surface area contributed by atoms with E-state index in [4.69, 9.17) is 0 Å². The zero-order valence-corrected chi connectivity index (χ0v) is 12.1. The fourth-order valence-corrected chi connectivity index (χ4v) is 2.41. The van der Waals surface area contributed by atoms with Crippen molar-refractivity contribution in [3.8, 4) is 6.07 Å². The van der Waals surface area contributed by atoms with Crippen molar-refractivity contribution in [2.24, 2.45) is 0 Å². The van der Waals surface area contributed by atoms with Gasteiger partial charge in [-0.1, -0.05) is 42.5 Å². The maximum Gasteiger partial charge on any atom is 0.0998 e. The number of hydrogen-bond donors (Lipinski definition) is 0. The van der Waals surface area contributed by atoms with Crippen molar-refractivity contribution >= 4 is 11.6 Å². The zero-order valence-electron chi connectivity index (χ0n) is 12.1. The molecule has 1 radical (unpaired) electrons. The first-order valence-electron chi connectivity index (χ1n) is 7.19. The van der Waals surface area contributed by atoms with E-state index in [1.807, 2.05) is 48.5 Å². The highest BCUT2D eigenvalue weighted by atomic mass is 14.6. The summed E-state index contributed by atoms with van der Waals surface area (Å²) in [4.78, 5) is 4.29. The first kappa shape index (κ1) is 14.0. The third-order valence-electron chi connectivity index (χ3n) is 3.51. The maximum absolute atomic E-state index is 9.24. The van der Waals surface area contributed by atoms with E-state index < -0.39 is 0 Å². The molecule has 0 saturated heterocycles. The van der Waals surface area contributed by atoms with Crippen molar-refractivity contribution in [1.82, 2.24) is 4.98 Å². The molecule has 1 aromatic heterocycles. The van der Waals surface area contributed by atoms with E-state index in [1.54, 1.807) is 6.20 Å². The molecule has 105 valence electrons. The van der Waals surface area contributed by atoms with E-state index in [-0.39, 0.29) is 0 Å². The van der Waals surface area contributed by atoms with Crippen LogP contribution in [0.15, 0.2) is 72.5 Å². The molecule has 1 aromatic carbocycles. The van der Waals surface area contributed by atoms with Crippen LogP contribution >= 0.6 is 0 Å². The van der Waals surface area contributed by atoms with Crippen LogP contribution in [0.5, 0.6) is 0 Å². The zero-order chi connectivity index (χ0) is 15.2. The molecule has 22 heavy (non-hydrogen) atoms. The van der Waals surface area contributed by atoms with Gasteiger partial charge in [0.05, 0.1) is 17.3 Å². The first-order chi connectivity index (χ1) is 10.9. The van der Waals surface area contributed by atoms with Gasteiger partial charge in [-0.05, 0) is 53.8 Å². The van der Waals surface area contributed by atoms with Crippen molar-refractivity contribution < 1.29 is 0 Å². The fraction of sp³-hybridized carbons (Fsp3) is 0.0500. The highest BCUT2D eigenvalue weighted by molar-refractivity contribution is 5.81. The van der Waals surface area contributed by atoms with E-state index in [2.05, 4.69) is 35.7 Å². The third-order valence-corrected chi connectivity index (χ3v) is 3.51. The second kappa shape index (κ2) is 6.69. The Morgan fingerprint density at radius 2 is 1.91 bits per heavy atom. The minimum Gasteiger partial charge on any atom is -0.257 e. The van der Waals surface area contributed by atoms with Gasteiger partial charge in [-0.25, -0.2) is 0 Å². The minimum absolute atomic E-state index is 0.702. The Kier molecular flexibility index (Phi) is 4.27. The quantitative estimate of drug-likeness (QED) is 0.826. The average Bonchev–Trinajstić information content (AvgIpc) is 2.61. The van der Waals surface area contributed by atoms with Gasteiger partial charge >= 0.3 is 0 Å². The third kappa shape index (κ3) is 3.21. The number of nitriles is 1. The van der Waals surface area contributed by atoms with Gasteiger partial charge in [0, 0.05) is 6.20 Å². The molecule has 0 aliphatic heterocycles. The van der Waals surface area contributed by atoms with E-state index in [1.165, 1.54) is 5.57 Å². The van der Waals surface area contributed by atoms with Gasteiger partial charge in [-0.15, -0.1) is 0 Å². The predicted octanol–water partition coefficient (Wildman–Crippen LogP) is 4.58. The molecule has 3 rings (SSSR count). The molecule has 0 fully saturated rings. The molecule has 2 aromatic rings. The minimum atomic E-state index is 0.702. The summed E-state index contributed by atoms with van der Waals surface area (Å²) in [5, 5.41) is 9.24. The second-order valence-electron chi connectivity index (χ2n) is 5.03. The van der Waals surface area contributed by atoms with Crippen LogP contribution in [0.4, 0.5) is 0 Å². The topological polar surface area (TPSA) is 36.7 Å². The summed E-state index contributed by atoms with van der Waals surface area (Å²) in [5.74, 6) is 0. The Labute approximate surface area is 130 Å². The molecule has 1 aliphatic rings. The number of benzene rings is 1. The Hall–Kier alpha value is -2.92. The van der Waals surface area contributed by atoms with E-state index in [9.17, 15) is 5.26 Å². The predicted molar refractivity (Wildman–Crippen MR) is 89.4 cm³/mol. The van der Waals surface area contributed by atoms with Crippen molar-refractivity contribution in [1.29, 1.82) is 5.26 Å². The standard InChI is InChI=1S/C20H15N2/c21-15-18-7-1-2-10-20(18)17-8-5-6-16(14-17)11-12-19-9-3-4-13-22-19/h1-5,7-14H,6H2. The van der Waals surface area contributed by atoms with Crippen molar-refractivity contribution in [2.45, 2.75) is 6.42 Å². The molecule has 1 heterocycles. The molecule has 2 nitrogen and oxygen atoms in total. The lowest BCUT2D eigenvalue weighted by molar-refractivity contribution is 1.19. The largest absolute Gasteiger partial charge is 0.257 e. The normalized spacial score (nSPS) is 14.3. The van der Waals surface area contributed by atoms with E-state index >= 15 is 0 Å². The van der Waals surface area contributed by atoms with Crippen LogP contribution in [0.3, 0.4) is 0 Å². The Morgan fingerprint density at radius 1 is 1.05 bits per heavy atom. The molecule has 0 amide bonds. The Bertz CT molecular complexity index is 790. The molecule has 0 atom stereocenters. The molecular weight excluding hydrogens is 268 g/mol. The van der Waals surface area contributed by atoms with Crippen molar-refractivity contribution in [2.75, 3.05) is 0 Å². The summed E-state index contributed by atoms with van der Waals surface area (Å²) in [6.45, 7) is 0. The lowest BCUT2D eigenvalue weighted by Gasteiger charge is -2.12. The molecule has 0 saturated carbocycles. The van der Waals surface area contributed by atoms with Gasteiger partial charge in [0.25, 0.3) is 0 Å². The molecule has 1 aliphatic carbocycles. The van der Waals surface area contributed by atoms with Crippen LogP contribution in [0.25, 0.3) is 11.6 Å². The smallest absolute Gasteiger partial charge is 0.0998 e. The van der Waals surface area contributed by atoms with Crippen molar-refractivity contribution in [3.05, 3.63) is 95.7 Å². The molecule has 2 heteroatoms. The summed E-state index contributed by atoms with van der Waals surface area (Å²) in [6.07, 6.45) is 13.1. The maximum atomic E-state index is 9.24. The van der Waals surface area contributed by atoms with Crippen LogP contribution in [-0.2, 0) is 0 Å². The van der Waals surface area contributed by atoms with Gasteiger partial charge in [0.2, 0.25) is 0 Å². The SMILES string of the molecule is N#Cc1ccccc1C1=C[CH]CC(C=Cc2ccccn2)=C1. The number of allylic oxidation sites excluding steroid dienone is 5. The second-order valence-corrected chi connectivity index (χ2v) is 5.03. The highest BCUT2D eigenvalue weighted by Crippen LogP contribution is 2.27. The Morgan fingerprint density at radius 3 is 2.73 bits per heavy atom. The van der Waals surface area contributed by atoms with Crippen LogP contribution < -0.4 is 0 Å². The first-order valence-corrected chi connectivity index (χ1v) is 7.19. The van der Waals surface area contributed by atoms with Gasteiger partial charge < -0.3 is 0 Å². The lowest BCUT2D eigenvalue weighted by Crippen LogP contribution is -1.94. The summed E-state index contributed by atoms with van der Waals surface area (Å²) in [7, 11) is 0. The summed E-state index contributed by atoms with van der Waals surface area (Å²) in [6, 6.07) is 15.8. The molecule has 0 N–H and O–H groups in total. The number of aromatic nitrogens is 1. The van der Waals surface area contributed by atoms with Gasteiger partial charge in [-0.3, -0.25) is 4.98 Å². The van der Waals surface area contributed by atoms with Crippen LogP contribution in [0.2, 0.25) is 0 Å². The van der Waals surface area contributed by atoms with Crippen LogP contribution in [0.1, 0.15) is 23.2 Å². The molecule has 0 unspecified atom stereocenters. The number of nitrogens with zero attached hydrogens (tertiary/aromatic N) is 2. The van der Waals surface area contributed by atoms with Crippen molar-refractivity contribution in [3.63, 3.8) is 0 Å². The van der Waals surface area contributed by atoms with Crippen LogP contribution in [-0.4, -0.2) is 4.98 Å². The van der Waals surface area contributed by atoms with Gasteiger partial charge in [0.15, 0.2) is 0 Å². The summed E-state index contributed by atoms with van der Waals surface area (Å²) in [5.41, 5.74) is 4.90. The van der Waals surface area contributed by atoms with Gasteiger partial charge in [-0.2, -0.15) is 5.26 Å². The number of rotatable bonds is 3. The Balaban J connectivity index is 1.86. The average molecular weight is 283 g/mol. The monoisotopic (exact) mass is 283 g/mol. The van der Waals surface area contributed by atoms with E-state index in [0.717, 1.165) is 23.3 Å². The number of pyridine rings is 1. The molecular formula is C20H15N2. The number of hydrogen-bond acceptors (Lipinski definition) is 2. The lowest BCUT2D eigenvalue weighted by atomic mass is 9.92. The summed E-state index contributed by atoms with van der Waals surface area (Å²) >= 11 is 0. The van der Waals surface area contributed by atoms with Crippen LogP contribution in [0, 0.1) is 17.8 Å². The summed E-state index contributed by atoms with van der Waals surface area (Å²) < 4.78 is 0. The molecule has 0 spiro atoms. The fourth-order valence-electron chi connectivity index (χ4n) is 2.41. The van der Waals surface area contributed by atoms with E-state index in [0.29, 0.717) is 5.56 Å². The van der Waals surface area contributed by atoms with Gasteiger partial charge in [0.1, 0.15) is 0 Å². The highest BCUT2D eigenvalue weighted by Gasteiger charge is 2.09. The molecule has 0 bridgehead atoms.